The SMILES string of the molecule is COc1cc(/C=C2\C(=O)NC(=O)N(c3ccc(C)c(Cl)c3)C2=O)cc(I)c1OCc1cccc(Cl)c1. The molecule has 1 heterocycles. The number of hydrogen-bond donors (Lipinski definition) is 1. The van der Waals surface area contributed by atoms with Crippen LogP contribution < -0.4 is 19.7 Å². The summed E-state index contributed by atoms with van der Waals surface area (Å²) >= 11 is 14.3. The number of benzene rings is 3. The van der Waals surface area contributed by atoms with E-state index in [0.29, 0.717) is 30.7 Å². The van der Waals surface area contributed by atoms with Gasteiger partial charge in [0, 0.05) is 10.0 Å². The van der Waals surface area contributed by atoms with Crippen molar-refractivity contribution in [3.8, 4) is 11.5 Å². The van der Waals surface area contributed by atoms with E-state index in [0.717, 1.165) is 16.0 Å². The summed E-state index contributed by atoms with van der Waals surface area (Å²) in [6.07, 6.45) is 1.40. The molecule has 4 amide bonds. The molecule has 10 heteroatoms. The number of ether oxygens (including phenoxy) is 2. The van der Waals surface area contributed by atoms with E-state index in [1.807, 2.05) is 12.1 Å². The van der Waals surface area contributed by atoms with Crippen LogP contribution in [-0.4, -0.2) is 25.0 Å². The predicted octanol–water partition coefficient (Wildman–Crippen LogP) is 6.16. The van der Waals surface area contributed by atoms with E-state index < -0.39 is 17.8 Å². The Morgan fingerprint density at radius 3 is 2.53 bits per heavy atom. The highest BCUT2D eigenvalue weighted by Crippen LogP contribution is 2.36. The molecular weight excluding hydrogens is 618 g/mol. The first kappa shape index (κ1) is 26.0. The molecule has 1 N–H and O–H groups in total. The number of halogens is 3. The fraction of sp³-hybridized carbons (Fsp3) is 0.115. The second kappa shape index (κ2) is 10.9. The monoisotopic (exact) mass is 636 g/mol. The summed E-state index contributed by atoms with van der Waals surface area (Å²) in [4.78, 5) is 39.1. The van der Waals surface area contributed by atoms with Gasteiger partial charge in [0.25, 0.3) is 11.8 Å². The van der Waals surface area contributed by atoms with Gasteiger partial charge in [0.15, 0.2) is 11.5 Å². The number of barbiturate groups is 1. The molecule has 7 nitrogen and oxygen atoms in total. The molecule has 184 valence electrons. The highest BCUT2D eigenvalue weighted by Gasteiger charge is 2.37. The third-order valence-electron chi connectivity index (χ3n) is 5.35. The molecule has 0 aromatic heterocycles. The average molecular weight is 637 g/mol. The van der Waals surface area contributed by atoms with E-state index >= 15 is 0 Å². The summed E-state index contributed by atoms with van der Waals surface area (Å²) in [5.74, 6) is -0.642. The van der Waals surface area contributed by atoms with Gasteiger partial charge in [-0.15, -0.1) is 0 Å². The van der Waals surface area contributed by atoms with Crippen molar-refractivity contribution in [1.82, 2.24) is 5.32 Å². The van der Waals surface area contributed by atoms with E-state index in [-0.39, 0.29) is 17.9 Å². The van der Waals surface area contributed by atoms with Gasteiger partial charge in [-0.2, -0.15) is 0 Å². The summed E-state index contributed by atoms with van der Waals surface area (Å²) in [6, 6.07) is 14.6. The quantitative estimate of drug-likeness (QED) is 0.199. The molecule has 0 bridgehead atoms. The lowest BCUT2D eigenvalue weighted by molar-refractivity contribution is -0.122. The number of methoxy groups -OCH3 is 1. The molecule has 0 saturated carbocycles. The van der Waals surface area contributed by atoms with Crippen LogP contribution in [0.4, 0.5) is 10.5 Å². The van der Waals surface area contributed by atoms with Crippen molar-refractivity contribution in [3.05, 3.63) is 90.5 Å². The Morgan fingerprint density at radius 2 is 1.83 bits per heavy atom. The van der Waals surface area contributed by atoms with E-state index in [9.17, 15) is 14.4 Å². The minimum absolute atomic E-state index is 0.211. The van der Waals surface area contributed by atoms with Crippen LogP contribution in [0.3, 0.4) is 0 Å². The van der Waals surface area contributed by atoms with Crippen LogP contribution in [0.15, 0.2) is 60.2 Å². The number of carbonyl (C=O) groups is 3. The molecular formula is C26H19Cl2IN2O5. The number of anilines is 1. The van der Waals surface area contributed by atoms with Crippen LogP contribution in [0.2, 0.25) is 10.0 Å². The molecule has 0 radical (unpaired) electrons. The standard InChI is InChI=1S/C26H19Cl2IN2O5/c1-14-6-7-18(12-20(14)28)31-25(33)19(24(32)30-26(31)34)9-16-10-21(29)23(22(11-16)35-2)36-13-15-4-3-5-17(27)8-15/h3-12H,13H2,1-2H3,(H,30,32,34)/b19-9+. The second-order valence-corrected chi connectivity index (χ2v) is 9.85. The molecule has 3 aromatic rings. The molecule has 1 aliphatic rings. The zero-order valence-corrected chi connectivity index (χ0v) is 22.8. The Hall–Kier alpha value is -3.08. The zero-order valence-electron chi connectivity index (χ0n) is 19.1. The number of amides is 4. The van der Waals surface area contributed by atoms with Crippen molar-refractivity contribution in [3.63, 3.8) is 0 Å². The maximum absolute atomic E-state index is 13.2. The number of nitrogens with zero attached hydrogens (tertiary/aromatic N) is 1. The highest BCUT2D eigenvalue weighted by molar-refractivity contribution is 14.1. The number of aryl methyl sites for hydroxylation is 1. The Bertz CT molecular complexity index is 1420. The van der Waals surface area contributed by atoms with Gasteiger partial charge >= 0.3 is 6.03 Å². The largest absolute Gasteiger partial charge is 0.493 e. The summed E-state index contributed by atoms with van der Waals surface area (Å²) in [5.41, 5.74) is 2.23. The van der Waals surface area contributed by atoms with Gasteiger partial charge in [0.2, 0.25) is 0 Å². The lowest BCUT2D eigenvalue weighted by atomic mass is 10.1. The number of urea groups is 1. The smallest absolute Gasteiger partial charge is 0.335 e. The molecule has 1 aliphatic heterocycles. The van der Waals surface area contributed by atoms with Gasteiger partial charge in [-0.3, -0.25) is 14.9 Å². The van der Waals surface area contributed by atoms with Crippen molar-refractivity contribution in [2.45, 2.75) is 13.5 Å². The third kappa shape index (κ3) is 5.50. The first-order valence-electron chi connectivity index (χ1n) is 10.6. The lowest BCUT2D eigenvalue weighted by Gasteiger charge is -2.26. The molecule has 0 aliphatic carbocycles. The van der Waals surface area contributed by atoms with Crippen LogP contribution in [0.5, 0.6) is 11.5 Å². The van der Waals surface area contributed by atoms with E-state index in [1.165, 1.54) is 19.3 Å². The van der Waals surface area contributed by atoms with Gasteiger partial charge in [0.05, 0.1) is 16.4 Å². The summed E-state index contributed by atoms with van der Waals surface area (Å²) < 4.78 is 12.2. The topological polar surface area (TPSA) is 84.9 Å². The van der Waals surface area contributed by atoms with Crippen molar-refractivity contribution >= 4 is 75.4 Å². The molecule has 0 unspecified atom stereocenters. The Morgan fingerprint density at radius 1 is 1.06 bits per heavy atom. The molecule has 4 rings (SSSR count). The van der Waals surface area contributed by atoms with Crippen molar-refractivity contribution < 1.29 is 23.9 Å². The number of carbonyl (C=O) groups excluding carboxylic acids is 3. The molecule has 0 spiro atoms. The number of imide groups is 2. The summed E-state index contributed by atoms with van der Waals surface area (Å²) in [6.45, 7) is 2.07. The van der Waals surface area contributed by atoms with Crippen LogP contribution in [0.25, 0.3) is 6.08 Å². The first-order valence-corrected chi connectivity index (χ1v) is 12.4. The maximum Gasteiger partial charge on any atom is 0.335 e. The number of rotatable bonds is 6. The highest BCUT2D eigenvalue weighted by atomic mass is 127. The van der Waals surface area contributed by atoms with Crippen LogP contribution in [-0.2, 0) is 16.2 Å². The van der Waals surface area contributed by atoms with Crippen LogP contribution >= 0.6 is 45.8 Å². The van der Waals surface area contributed by atoms with E-state index in [1.54, 1.807) is 43.3 Å². The van der Waals surface area contributed by atoms with E-state index in [2.05, 4.69) is 27.9 Å². The van der Waals surface area contributed by atoms with Crippen LogP contribution in [0, 0.1) is 10.5 Å². The van der Waals surface area contributed by atoms with Crippen molar-refractivity contribution in [2.75, 3.05) is 12.0 Å². The Balaban J connectivity index is 1.65. The Labute approximate surface area is 231 Å². The van der Waals surface area contributed by atoms with Gasteiger partial charge in [0.1, 0.15) is 12.2 Å². The maximum atomic E-state index is 13.2. The first-order chi connectivity index (χ1) is 17.2. The molecule has 1 saturated heterocycles. The zero-order chi connectivity index (χ0) is 26.0. The van der Waals surface area contributed by atoms with Gasteiger partial charge < -0.3 is 9.47 Å². The van der Waals surface area contributed by atoms with E-state index in [4.69, 9.17) is 32.7 Å². The normalized spacial score (nSPS) is 14.8. The third-order valence-corrected chi connectivity index (χ3v) is 6.79. The van der Waals surface area contributed by atoms with Crippen molar-refractivity contribution in [1.29, 1.82) is 0 Å². The van der Waals surface area contributed by atoms with Crippen molar-refractivity contribution in [2.24, 2.45) is 0 Å². The fourth-order valence-electron chi connectivity index (χ4n) is 3.52. The molecule has 3 aromatic carbocycles. The van der Waals surface area contributed by atoms with Gasteiger partial charge in [-0.1, -0.05) is 41.4 Å². The fourth-order valence-corrected chi connectivity index (χ4v) is 4.69. The second-order valence-electron chi connectivity index (χ2n) is 7.84. The predicted molar refractivity (Wildman–Crippen MR) is 147 cm³/mol. The molecule has 0 atom stereocenters. The Kier molecular flexibility index (Phi) is 7.87. The minimum Gasteiger partial charge on any atom is -0.493 e. The van der Waals surface area contributed by atoms with Crippen LogP contribution in [0.1, 0.15) is 16.7 Å². The van der Waals surface area contributed by atoms with Gasteiger partial charge in [-0.25, -0.2) is 9.69 Å². The lowest BCUT2D eigenvalue weighted by Crippen LogP contribution is -2.54. The minimum atomic E-state index is -0.848. The summed E-state index contributed by atoms with van der Waals surface area (Å²) in [7, 11) is 1.49. The average Bonchev–Trinajstić information content (AvgIpc) is 2.83. The molecule has 36 heavy (non-hydrogen) atoms. The summed E-state index contributed by atoms with van der Waals surface area (Å²) in [5, 5.41) is 3.21. The molecule has 1 fully saturated rings. The number of nitrogens with one attached hydrogen (secondary N) is 1. The van der Waals surface area contributed by atoms with Gasteiger partial charge in [-0.05, 0) is 88.7 Å². The number of hydrogen-bond acceptors (Lipinski definition) is 5.